The Hall–Kier alpha value is -2.83. The Morgan fingerprint density at radius 2 is 1.94 bits per heavy atom. The molecular weight excluding hydrogens is 451 g/mol. The van der Waals surface area contributed by atoms with Crippen LogP contribution in [-0.2, 0) is 9.53 Å². The predicted molar refractivity (Wildman–Crippen MR) is 96.1 cm³/mol. The van der Waals surface area contributed by atoms with E-state index >= 15 is 0 Å². The number of nitrogens with zero attached hydrogens (tertiary/aromatic N) is 2. The highest BCUT2D eigenvalue weighted by Crippen LogP contribution is 2.54. The van der Waals surface area contributed by atoms with Crippen LogP contribution < -0.4 is 5.32 Å². The summed E-state index contributed by atoms with van der Waals surface area (Å²) >= 11 is 0. The number of alkyl halides is 5. The molecule has 0 radical (unpaired) electrons. The Morgan fingerprint density at radius 1 is 1.31 bits per heavy atom. The molecule has 1 amide bonds. The van der Waals surface area contributed by atoms with E-state index in [4.69, 9.17) is 4.74 Å². The molecule has 3 rings (SSSR count). The second-order valence-electron chi connectivity index (χ2n) is 7.63. The van der Waals surface area contributed by atoms with Gasteiger partial charge in [-0.1, -0.05) is 13.0 Å². The quantitative estimate of drug-likeness (QED) is 0.640. The minimum absolute atomic E-state index is 0.0458. The first-order valence-corrected chi connectivity index (χ1v) is 9.25. The van der Waals surface area contributed by atoms with Crippen molar-refractivity contribution in [2.75, 3.05) is 5.32 Å². The van der Waals surface area contributed by atoms with E-state index in [0.29, 0.717) is 13.0 Å². The van der Waals surface area contributed by atoms with Gasteiger partial charge in [-0.2, -0.15) is 31.4 Å². The minimum Gasteiger partial charge on any atom is -0.505 e. The van der Waals surface area contributed by atoms with E-state index in [1.807, 2.05) is 0 Å². The van der Waals surface area contributed by atoms with E-state index in [2.05, 4.69) is 10.4 Å². The van der Waals surface area contributed by atoms with Crippen molar-refractivity contribution in [3.05, 3.63) is 41.2 Å². The fourth-order valence-electron chi connectivity index (χ4n) is 3.76. The number of aromatic hydroxyl groups is 1. The molecule has 2 N–H and O–H groups in total. The smallest absolute Gasteiger partial charge is 0.417 e. The maximum absolute atomic E-state index is 13.9. The molecule has 1 aromatic carbocycles. The average Bonchev–Trinajstić information content (AvgIpc) is 3.19. The molecule has 0 bridgehead atoms. The fraction of sp³-hybridized carbons (Fsp3) is 0.474. The molecule has 176 valence electrons. The number of hydrogen-bond donors (Lipinski definition) is 2. The van der Waals surface area contributed by atoms with Crippen LogP contribution in [0.4, 0.5) is 36.4 Å². The van der Waals surface area contributed by atoms with Gasteiger partial charge in [0.2, 0.25) is 5.82 Å². The molecule has 1 aliphatic heterocycles. The third-order valence-corrected chi connectivity index (χ3v) is 5.76. The molecule has 1 aromatic heterocycles. The number of halogens is 7. The topological polar surface area (TPSA) is 76.4 Å². The predicted octanol–water partition coefficient (Wildman–Crippen LogP) is 4.65. The van der Waals surface area contributed by atoms with Gasteiger partial charge in [0.15, 0.2) is 17.2 Å². The number of aromatic nitrogens is 2. The monoisotopic (exact) mass is 469 g/mol. The number of benzene rings is 1. The second-order valence-corrected chi connectivity index (χ2v) is 7.63. The summed E-state index contributed by atoms with van der Waals surface area (Å²) in [6.45, 7) is 0.0363. The van der Waals surface area contributed by atoms with Crippen molar-refractivity contribution in [2.45, 2.75) is 51.1 Å². The molecule has 2 aromatic rings. The number of phenolic OH excluding ortho intramolecular Hbond substituents is 1. The molecular formula is C19H18F7N3O3. The highest BCUT2D eigenvalue weighted by molar-refractivity contribution is 5.95. The van der Waals surface area contributed by atoms with Crippen LogP contribution in [0.15, 0.2) is 18.3 Å². The summed E-state index contributed by atoms with van der Waals surface area (Å²) in [5.74, 6) is -8.63. The Balaban J connectivity index is 2.05. The number of carbonyl (C=O) groups is 1. The van der Waals surface area contributed by atoms with Crippen molar-refractivity contribution in [2.24, 2.45) is 5.92 Å². The van der Waals surface area contributed by atoms with Crippen LogP contribution in [-0.4, -0.2) is 38.7 Å². The SMILES string of the molecule is Cc1nn(C(F)F)cc1NC(=O)C1OC(C)(C(F)(F)F)C(C)C1c1ccc(F)c(F)c1O. The number of carbonyl (C=O) groups excluding carboxylic acids is 1. The van der Waals surface area contributed by atoms with Gasteiger partial charge in [0, 0.05) is 17.4 Å². The zero-order valence-corrected chi connectivity index (χ0v) is 16.8. The summed E-state index contributed by atoms with van der Waals surface area (Å²) < 4.78 is 99.8. The van der Waals surface area contributed by atoms with E-state index in [-0.39, 0.29) is 16.1 Å². The average molecular weight is 469 g/mol. The Kier molecular flexibility index (Phi) is 5.91. The first kappa shape index (κ1) is 23.8. The van der Waals surface area contributed by atoms with Gasteiger partial charge in [-0.05, 0) is 19.9 Å². The normalized spacial score (nSPS) is 26.0. The van der Waals surface area contributed by atoms with Crippen LogP contribution >= 0.6 is 0 Å². The van der Waals surface area contributed by atoms with Gasteiger partial charge in [-0.25, -0.2) is 9.07 Å². The molecule has 1 saturated heterocycles. The molecule has 4 atom stereocenters. The Bertz CT molecular complexity index is 1040. The van der Waals surface area contributed by atoms with Crippen molar-refractivity contribution in [3.63, 3.8) is 0 Å². The van der Waals surface area contributed by atoms with Crippen LogP contribution in [0, 0.1) is 24.5 Å². The van der Waals surface area contributed by atoms with Crippen LogP contribution in [0.5, 0.6) is 5.75 Å². The number of hydrogen-bond acceptors (Lipinski definition) is 4. The molecule has 0 aliphatic carbocycles. The van der Waals surface area contributed by atoms with Crippen LogP contribution in [0.1, 0.15) is 37.6 Å². The van der Waals surface area contributed by atoms with Gasteiger partial charge < -0.3 is 15.2 Å². The van der Waals surface area contributed by atoms with Crippen molar-refractivity contribution in [1.82, 2.24) is 9.78 Å². The maximum Gasteiger partial charge on any atom is 0.417 e. The summed E-state index contributed by atoms with van der Waals surface area (Å²) in [4.78, 5) is 12.9. The van der Waals surface area contributed by atoms with Crippen molar-refractivity contribution in [3.8, 4) is 5.75 Å². The first-order valence-electron chi connectivity index (χ1n) is 9.25. The molecule has 0 spiro atoms. The fourth-order valence-corrected chi connectivity index (χ4v) is 3.76. The van der Waals surface area contributed by atoms with E-state index < -0.39 is 65.1 Å². The van der Waals surface area contributed by atoms with Gasteiger partial charge in [0.25, 0.3) is 5.91 Å². The summed E-state index contributed by atoms with van der Waals surface area (Å²) in [5.41, 5.74) is -3.61. The molecule has 4 unspecified atom stereocenters. The van der Waals surface area contributed by atoms with Crippen LogP contribution in [0.25, 0.3) is 0 Å². The van der Waals surface area contributed by atoms with E-state index in [1.54, 1.807) is 0 Å². The van der Waals surface area contributed by atoms with Crippen molar-refractivity contribution >= 4 is 11.6 Å². The number of rotatable bonds is 4. The zero-order valence-electron chi connectivity index (χ0n) is 16.8. The molecule has 32 heavy (non-hydrogen) atoms. The number of amides is 1. The Morgan fingerprint density at radius 3 is 2.47 bits per heavy atom. The number of anilines is 1. The summed E-state index contributed by atoms with van der Waals surface area (Å²) in [7, 11) is 0. The highest BCUT2D eigenvalue weighted by atomic mass is 19.4. The molecule has 13 heteroatoms. The van der Waals surface area contributed by atoms with E-state index in [9.17, 15) is 40.6 Å². The van der Waals surface area contributed by atoms with Gasteiger partial charge in [0.05, 0.1) is 17.6 Å². The van der Waals surface area contributed by atoms with Gasteiger partial charge in [0.1, 0.15) is 6.10 Å². The van der Waals surface area contributed by atoms with E-state index in [1.165, 1.54) is 6.92 Å². The largest absolute Gasteiger partial charge is 0.505 e. The zero-order chi connectivity index (χ0) is 24.2. The van der Waals surface area contributed by atoms with Gasteiger partial charge >= 0.3 is 12.7 Å². The molecule has 2 heterocycles. The lowest BCUT2D eigenvalue weighted by molar-refractivity contribution is -0.272. The maximum atomic E-state index is 13.9. The van der Waals surface area contributed by atoms with Gasteiger partial charge in [-0.3, -0.25) is 4.79 Å². The van der Waals surface area contributed by atoms with Crippen molar-refractivity contribution in [1.29, 1.82) is 0 Å². The lowest BCUT2D eigenvalue weighted by Gasteiger charge is -2.31. The highest BCUT2D eigenvalue weighted by Gasteiger charge is 2.65. The first-order chi connectivity index (χ1) is 14.7. The minimum atomic E-state index is -4.97. The van der Waals surface area contributed by atoms with Gasteiger partial charge in [-0.15, -0.1) is 0 Å². The number of ether oxygens (including phenoxy) is 1. The molecule has 1 fully saturated rings. The number of aryl methyl sites for hydroxylation is 1. The molecule has 6 nitrogen and oxygen atoms in total. The van der Waals surface area contributed by atoms with E-state index in [0.717, 1.165) is 19.2 Å². The second kappa shape index (κ2) is 7.94. The third-order valence-electron chi connectivity index (χ3n) is 5.76. The van der Waals surface area contributed by atoms with Crippen LogP contribution in [0.3, 0.4) is 0 Å². The van der Waals surface area contributed by atoms with Crippen molar-refractivity contribution < 1.29 is 45.4 Å². The third kappa shape index (κ3) is 3.78. The summed E-state index contributed by atoms with van der Waals surface area (Å²) in [6, 6.07) is 1.47. The summed E-state index contributed by atoms with van der Waals surface area (Å²) in [6.07, 6.45) is -6.12. The molecule has 1 aliphatic rings. The lowest BCUT2D eigenvalue weighted by atomic mass is 9.77. The number of phenols is 1. The van der Waals surface area contributed by atoms with Crippen LogP contribution in [0.2, 0.25) is 0 Å². The standard InChI is InChI=1S/C19H18F7N3O3/c1-7-12(9-4-5-10(20)13(21)14(9)30)15(32-18(7,3)19(24,25)26)16(31)27-11-6-29(17(22)23)28-8(11)2/h4-7,12,15,17,30H,1-3H3,(H,27,31). The Labute approximate surface area is 177 Å². The lowest BCUT2D eigenvalue weighted by Crippen LogP contribution is -2.47. The number of nitrogens with one attached hydrogen (secondary N) is 1. The summed E-state index contributed by atoms with van der Waals surface area (Å²) in [5, 5.41) is 15.7. The molecule has 0 saturated carbocycles.